The molecule has 202 valence electrons. The summed E-state index contributed by atoms with van der Waals surface area (Å²) in [5, 5.41) is 14.0. The monoisotopic (exact) mass is 562 g/mol. The van der Waals surface area contributed by atoms with Gasteiger partial charge in [-0.1, -0.05) is 31.8 Å². The fourth-order valence-electron chi connectivity index (χ4n) is 4.10. The molecule has 2 unspecified atom stereocenters. The van der Waals surface area contributed by atoms with Crippen molar-refractivity contribution < 1.29 is 24.0 Å². The number of carboxylic acid groups (broad SMARTS) is 1. The molecule has 3 rings (SSSR count). The topological polar surface area (TPSA) is 104 Å². The predicted octanol–water partition coefficient (Wildman–Crippen LogP) is 5.74. The van der Waals surface area contributed by atoms with Crippen LogP contribution in [0.15, 0.2) is 47.3 Å². The molecule has 7 nitrogen and oxygen atoms in total. The van der Waals surface area contributed by atoms with Gasteiger partial charge in [0.05, 0.1) is 5.52 Å². The van der Waals surface area contributed by atoms with Gasteiger partial charge in [-0.2, -0.15) is 11.3 Å². The molecule has 0 saturated heterocycles. The van der Waals surface area contributed by atoms with Crippen LogP contribution in [0.5, 0.6) is 0 Å². The Bertz CT molecular complexity index is 1210. The highest BCUT2D eigenvalue weighted by atomic mass is 32.2. The third-order valence-electron chi connectivity index (χ3n) is 6.15. The maximum absolute atomic E-state index is 13.5. The summed E-state index contributed by atoms with van der Waals surface area (Å²) in [4.78, 5) is 24.4. The number of carboxylic acids is 1. The summed E-state index contributed by atoms with van der Waals surface area (Å²) in [6, 6.07) is 10.8. The number of benzene rings is 1. The number of aromatic nitrogens is 1. The summed E-state index contributed by atoms with van der Waals surface area (Å²) >= 11 is -0.0701. The SMILES string of the molecule is CC(C)(C)[S+]([O-])NC(CC(=O)CC(=O)O)(c1ccsc1)c1cccc2c1ccn2COCC[Si](C)(C)C. The van der Waals surface area contributed by atoms with Crippen LogP contribution >= 0.6 is 11.3 Å². The zero-order chi connectivity index (χ0) is 27.4. The van der Waals surface area contributed by atoms with Crippen LogP contribution in [-0.2, 0) is 38.0 Å². The average Bonchev–Trinajstić information content (AvgIpc) is 3.45. The van der Waals surface area contributed by atoms with E-state index in [0.717, 1.165) is 28.1 Å². The number of nitrogens with one attached hydrogen (secondary N) is 1. The van der Waals surface area contributed by atoms with Crippen LogP contribution in [-0.4, -0.2) is 45.4 Å². The van der Waals surface area contributed by atoms with Crippen LogP contribution in [0.3, 0.4) is 0 Å². The van der Waals surface area contributed by atoms with Crippen molar-refractivity contribution >= 4 is 53.4 Å². The van der Waals surface area contributed by atoms with Crippen LogP contribution in [0.2, 0.25) is 25.7 Å². The van der Waals surface area contributed by atoms with E-state index in [9.17, 15) is 19.2 Å². The number of carbonyl (C=O) groups excluding carboxylic acids is 1. The summed E-state index contributed by atoms with van der Waals surface area (Å²) < 4.78 is 24.2. The highest BCUT2D eigenvalue weighted by molar-refractivity contribution is 7.90. The number of ketones is 1. The molecule has 10 heteroatoms. The number of hydrogen-bond acceptors (Lipinski definition) is 6. The molecule has 0 spiro atoms. The molecule has 0 amide bonds. The lowest BCUT2D eigenvalue weighted by molar-refractivity contribution is -0.140. The van der Waals surface area contributed by atoms with Crippen molar-refractivity contribution in [1.82, 2.24) is 9.29 Å². The molecular formula is C27H38N2O5S2Si. The predicted molar refractivity (Wildman–Crippen MR) is 154 cm³/mol. The molecule has 0 radical (unpaired) electrons. The minimum Gasteiger partial charge on any atom is -0.598 e. The van der Waals surface area contributed by atoms with Gasteiger partial charge in [-0.3, -0.25) is 9.59 Å². The largest absolute Gasteiger partial charge is 0.598 e. The van der Waals surface area contributed by atoms with Crippen LogP contribution in [0, 0.1) is 0 Å². The van der Waals surface area contributed by atoms with Gasteiger partial charge in [0.1, 0.15) is 29.2 Å². The van der Waals surface area contributed by atoms with Crippen LogP contribution in [0.1, 0.15) is 44.7 Å². The molecule has 0 aliphatic heterocycles. The minimum absolute atomic E-state index is 0.144. The van der Waals surface area contributed by atoms with Crippen molar-refractivity contribution in [2.75, 3.05) is 6.61 Å². The summed E-state index contributed by atoms with van der Waals surface area (Å²) in [6.07, 6.45) is 1.22. The van der Waals surface area contributed by atoms with Crippen molar-refractivity contribution in [1.29, 1.82) is 0 Å². The molecule has 0 bridgehead atoms. The standard InChI is InChI=1S/C27H38N2O5S2Si/c1-26(2,3)36(33)28-27(20-11-14-35-18-20,17-21(30)16-25(31)32)23-8-7-9-24-22(23)10-12-29(24)19-34-13-15-37(4,5)6/h7-12,14,18,28H,13,15-17,19H2,1-6H3,(H,31,32). The second kappa shape index (κ2) is 11.8. The lowest BCUT2D eigenvalue weighted by Gasteiger charge is -2.38. The summed E-state index contributed by atoms with van der Waals surface area (Å²) in [7, 11) is -1.20. The van der Waals surface area contributed by atoms with Crippen LogP contribution in [0.4, 0.5) is 0 Å². The Balaban J connectivity index is 2.11. The van der Waals surface area contributed by atoms with Gasteiger partial charge in [0, 0.05) is 44.0 Å². The molecule has 2 atom stereocenters. The van der Waals surface area contributed by atoms with Gasteiger partial charge < -0.3 is 19.0 Å². The number of carbonyl (C=O) groups is 2. The first kappa shape index (κ1) is 29.6. The van der Waals surface area contributed by atoms with Gasteiger partial charge in [-0.25, -0.2) is 0 Å². The lowest BCUT2D eigenvalue weighted by atomic mass is 9.79. The third kappa shape index (κ3) is 7.55. The first-order valence-corrected chi connectivity index (χ1v) is 18.1. The van der Waals surface area contributed by atoms with Crippen molar-refractivity contribution in [2.24, 2.45) is 0 Å². The fraction of sp³-hybridized carbons (Fsp3) is 0.481. The highest BCUT2D eigenvalue weighted by Gasteiger charge is 2.45. The number of nitrogens with zero attached hydrogens (tertiary/aromatic N) is 1. The fourth-order valence-corrected chi connectivity index (χ4v) is 6.51. The molecule has 1 aromatic carbocycles. The molecule has 0 aliphatic rings. The Hall–Kier alpha value is -1.95. The second-order valence-corrected chi connectivity index (χ2v) is 19.9. The summed E-state index contributed by atoms with van der Waals surface area (Å²) in [5.74, 6) is -1.62. The number of ether oxygens (including phenoxy) is 1. The Morgan fingerprint density at radius 3 is 2.51 bits per heavy atom. The first-order chi connectivity index (χ1) is 17.2. The smallest absolute Gasteiger partial charge is 0.310 e. The van der Waals surface area contributed by atoms with Crippen LogP contribution in [0.25, 0.3) is 10.9 Å². The molecule has 0 saturated carbocycles. The van der Waals surface area contributed by atoms with E-state index in [0.29, 0.717) is 13.3 Å². The number of Topliss-reactive ketones (excluding diaryl/α,β-unsaturated/α-hetero) is 1. The Morgan fingerprint density at radius 2 is 1.92 bits per heavy atom. The minimum atomic E-state index is -1.54. The average molecular weight is 563 g/mol. The van der Waals surface area contributed by atoms with E-state index in [1.165, 1.54) is 11.3 Å². The molecule has 2 N–H and O–H groups in total. The van der Waals surface area contributed by atoms with E-state index < -0.39 is 47.9 Å². The molecule has 0 fully saturated rings. The number of fused-ring (bicyclic) bond motifs is 1. The van der Waals surface area contributed by atoms with Gasteiger partial charge in [0.25, 0.3) is 0 Å². The summed E-state index contributed by atoms with van der Waals surface area (Å²) in [6.45, 7) is 13.6. The number of thiophene rings is 1. The van der Waals surface area contributed by atoms with Crippen molar-refractivity contribution in [3.8, 4) is 0 Å². The Labute approximate surface area is 227 Å². The zero-order valence-corrected chi connectivity index (χ0v) is 25.1. The molecule has 2 aromatic heterocycles. The maximum Gasteiger partial charge on any atom is 0.310 e. The van der Waals surface area contributed by atoms with E-state index >= 15 is 0 Å². The first-order valence-electron chi connectivity index (χ1n) is 12.3. The van der Waals surface area contributed by atoms with E-state index in [1.807, 2.05) is 72.6 Å². The maximum atomic E-state index is 13.5. The van der Waals surface area contributed by atoms with Crippen LogP contribution < -0.4 is 4.72 Å². The van der Waals surface area contributed by atoms with Crippen molar-refractivity contribution in [3.05, 3.63) is 58.4 Å². The molecule has 3 aromatic rings. The zero-order valence-electron chi connectivity index (χ0n) is 22.5. The Kier molecular flexibility index (Phi) is 9.47. The highest BCUT2D eigenvalue weighted by Crippen LogP contribution is 2.41. The molecule has 0 aliphatic carbocycles. The van der Waals surface area contributed by atoms with Gasteiger partial charge in [0.2, 0.25) is 0 Å². The molecular weight excluding hydrogens is 525 g/mol. The van der Waals surface area contributed by atoms with Gasteiger partial charge in [0.15, 0.2) is 0 Å². The molecule has 2 heterocycles. The van der Waals surface area contributed by atoms with Gasteiger partial charge in [-0.05, 0) is 66.9 Å². The normalized spacial score (nSPS) is 15.0. The van der Waals surface area contributed by atoms with E-state index in [-0.39, 0.29) is 6.42 Å². The second-order valence-electron chi connectivity index (χ2n) is 11.6. The van der Waals surface area contributed by atoms with Gasteiger partial charge in [-0.15, -0.1) is 4.72 Å². The van der Waals surface area contributed by atoms with E-state index in [1.54, 1.807) is 0 Å². The van der Waals surface area contributed by atoms with Gasteiger partial charge >= 0.3 is 5.97 Å². The quantitative estimate of drug-likeness (QED) is 0.119. The van der Waals surface area contributed by atoms with E-state index in [4.69, 9.17) is 4.74 Å². The van der Waals surface area contributed by atoms with E-state index in [2.05, 4.69) is 24.4 Å². The lowest BCUT2D eigenvalue weighted by Crippen LogP contribution is -2.53. The number of rotatable bonds is 13. The third-order valence-corrected chi connectivity index (χ3v) is 10.2. The van der Waals surface area contributed by atoms with Crippen molar-refractivity contribution in [2.45, 2.75) is 76.3 Å². The summed E-state index contributed by atoms with van der Waals surface area (Å²) in [5.41, 5.74) is 1.31. The van der Waals surface area contributed by atoms with Crippen molar-refractivity contribution in [3.63, 3.8) is 0 Å². The Morgan fingerprint density at radius 1 is 1.19 bits per heavy atom. The molecule has 37 heavy (non-hydrogen) atoms. The number of hydrogen-bond donors (Lipinski definition) is 2. The number of aliphatic carboxylic acids is 1.